The summed E-state index contributed by atoms with van der Waals surface area (Å²) in [6.07, 6.45) is -0.569. The number of esters is 1. The van der Waals surface area contributed by atoms with Crippen LogP contribution in [0.5, 0.6) is 0 Å². The van der Waals surface area contributed by atoms with Gasteiger partial charge in [0.1, 0.15) is 18.1 Å². The van der Waals surface area contributed by atoms with Crippen LogP contribution >= 0.6 is 0 Å². The number of amides is 2. The van der Waals surface area contributed by atoms with Crippen molar-refractivity contribution in [3.8, 4) is 11.3 Å². The zero-order chi connectivity index (χ0) is 21.8. The molecule has 1 aromatic heterocycles. The summed E-state index contributed by atoms with van der Waals surface area (Å²) in [5.41, 5.74) is 2.10. The summed E-state index contributed by atoms with van der Waals surface area (Å²) < 4.78 is 11.1. The van der Waals surface area contributed by atoms with Gasteiger partial charge in [0.2, 0.25) is 5.91 Å². The molecule has 0 saturated heterocycles. The molecule has 7 heteroatoms. The summed E-state index contributed by atoms with van der Waals surface area (Å²) in [5.74, 6) is 0.150. The Bertz CT molecular complexity index is 1110. The van der Waals surface area contributed by atoms with Crippen LogP contribution < -0.4 is 10.2 Å². The Kier molecular flexibility index (Phi) is 5.84. The van der Waals surface area contributed by atoms with Gasteiger partial charge in [-0.1, -0.05) is 42.5 Å². The molecule has 0 aliphatic carbocycles. The van der Waals surface area contributed by atoms with Gasteiger partial charge < -0.3 is 14.5 Å². The first kappa shape index (κ1) is 20.4. The quantitative estimate of drug-likeness (QED) is 0.615. The molecule has 7 nitrogen and oxygen atoms in total. The molecule has 31 heavy (non-hydrogen) atoms. The Labute approximate surface area is 179 Å². The second-order valence-electron chi connectivity index (χ2n) is 7.25. The lowest BCUT2D eigenvalue weighted by Crippen LogP contribution is -2.47. The van der Waals surface area contributed by atoms with Gasteiger partial charge in [-0.15, -0.1) is 0 Å². The third-order valence-corrected chi connectivity index (χ3v) is 4.99. The second kappa shape index (κ2) is 8.87. The first-order valence-corrected chi connectivity index (χ1v) is 10.0. The maximum Gasteiger partial charge on any atom is 0.307 e. The fraction of sp³-hybridized carbons (Fsp3) is 0.208. The zero-order valence-corrected chi connectivity index (χ0v) is 17.0. The van der Waals surface area contributed by atoms with Crippen LogP contribution in [0.2, 0.25) is 0 Å². The van der Waals surface area contributed by atoms with E-state index in [9.17, 15) is 14.4 Å². The maximum absolute atomic E-state index is 12.8. The highest BCUT2D eigenvalue weighted by Gasteiger charge is 2.31. The molecule has 0 spiro atoms. The molecular weight excluding hydrogens is 396 g/mol. The molecule has 158 valence electrons. The van der Waals surface area contributed by atoms with E-state index in [1.165, 1.54) is 11.8 Å². The molecule has 1 N–H and O–H groups in total. The number of carbonyl (C=O) groups is 3. The Morgan fingerprint density at radius 3 is 2.61 bits per heavy atom. The molecule has 0 fully saturated rings. The van der Waals surface area contributed by atoms with Crippen LogP contribution in [0, 0.1) is 0 Å². The largest absolute Gasteiger partial charge is 0.461 e. The molecule has 0 saturated carbocycles. The molecule has 0 radical (unpaired) electrons. The highest BCUT2D eigenvalue weighted by molar-refractivity contribution is 6.11. The Hall–Kier alpha value is -3.87. The normalized spacial score (nSPS) is 13.8. The van der Waals surface area contributed by atoms with Gasteiger partial charge in [0.05, 0.1) is 17.8 Å². The van der Waals surface area contributed by atoms with Gasteiger partial charge in [-0.05, 0) is 31.2 Å². The molecule has 0 bridgehead atoms. The van der Waals surface area contributed by atoms with Crippen LogP contribution in [-0.4, -0.2) is 30.4 Å². The number of benzene rings is 2. The van der Waals surface area contributed by atoms with Crippen molar-refractivity contribution in [1.29, 1.82) is 0 Å². The number of furan rings is 1. The van der Waals surface area contributed by atoms with Crippen molar-refractivity contribution in [2.75, 3.05) is 16.8 Å². The summed E-state index contributed by atoms with van der Waals surface area (Å²) in [7, 11) is 0. The second-order valence-corrected chi connectivity index (χ2v) is 7.25. The van der Waals surface area contributed by atoms with Crippen molar-refractivity contribution < 1.29 is 23.5 Å². The minimum atomic E-state index is -1.01. The summed E-state index contributed by atoms with van der Waals surface area (Å²) in [6.45, 7) is 1.39. The minimum absolute atomic E-state index is 0.0798. The summed E-state index contributed by atoms with van der Waals surface area (Å²) in [5, 5.41) is 2.73. The molecule has 3 aromatic rings. The van der Waals surface area contributed by atoms with Gasteiger partial charge in [-0.25, -0.2) is 0 Å². The summed E-state index contributed by atoms with van der Waals surface area (Å²) in [4.78, 5) is 38.4. The van der Waals surface area contributed by atoms with Crippen molar-refractivity contribution in [1.82, 2.24) is 0 Å². The monoisotopic (exact) mass is 418 g/mol. The fourth-order valence-electron chi connectivity index (χ4n) is 3.45. The van der Waals surface area contributed by atoms with Crippen LogP contribution in [0.3, 0.4) is 0 Å². The van der Waals surface area contributed by atoms with Crippen molar-refractivity contribution in [3.05, 3.63) is 72.5 Å². The molecule has 1 atom stereocenters. The van der Waals surface area contributed by atoms with Crippen LogP contribution in [0.25, 0.3) is 11.3 Å². The summed E-state index contributed by atoms with van der Waals surface area (Å²) in [6, 6.07) is 20.4. The lowest BCUT2D eigenvalue weighted by atomic mass is 10.1. The van der Waals surface area contributed by atoms with Crippen LogP contribution in [-0.2, 0) is 25.5 Å². The number of rotatable bonds is 6. The molecule has 4 rings (SSSR count). The van der Waals surface area contributed by atoms with Crippen molar-refractivity contribution in [3.63, 3.8) is 0 Å². The lowest BCUT2D eigenvalue weighted by molar-refractivity contribution is -0.153. The van der Waals surface area contributed by atoms with Gasteiger partial charge in [-0.3, -0.25) is 19.3 Å². The maximum atomic E-state index is 12.8. The van der Waals surface area contributed by atoms with Gasteiger partial charge in [0, 0.05) is 12.0 Å². The number of carbonyl (C=O) groups excluding carboxylic acids is 3. The van der Waals surface area contributed by atoms with Gasteiger partial charge in [-0.2, -0.15) is 0 Å². The molecule has 1 aliphatic rings. The topological polar surface area (TPSA) is 88.8 Å². The first-order valence-electron chi connectivity index (χ1n) is 10.0. The standard InChI is InChI=1S/C24H22N2O5/c1-16(24(29)26-15-22(27)25-19-9-5-6-10-20(19)26)30-23(28)14-12-18-11-13-21(31-18)17-7-3-2-4-8-17/h2-11,13,16H,12,14-15H2,1H3,(H,25,27)/t16-/m1/s1. The predicted molar refractivity (Wildman–Crippen MR) is 115 cm³/mol. The van der Waals surface area contributed by atoms with E-state index in [4.69, 9.17) is 9.15 Å². The minimum Gasteiger partial charge on any atom is -0.461 e. The van der Waals surface area contributed by atoms with E-state index in [-0.39, 0.29) is 18.9 Å². The van der Waals surface area contributed by atoms with Crippen molar-refractivity contribution in [2.45, 2.75) is 25.9 Å². The Balaban J connectivity index is 1.33. The van der Waals surface area contributed by atoms with Gasteiger partial charge >= 0.3 is 5.97 Å². The van der Waals surface area contributed by atoms with Gasteiger partial charge in [0.15, 0.2) is 6.10 Å². The number of anilines is 2. The molecular formula is C24H22N2O5. The van der Waals surface area contributed by atoms with E-state index < -0.39 is 18.0 Å². The van der Waals surface area contributed by atoms with Crippen molar-refractivity contribution >= 4 is 29.2 Å². The van der Waals surface area contributed by atoms with E-state index in [0.717, 1.165) is 11.3 Å². The predicted octanol–water partition coefficient (Wildman–Crippen LogP) is 3.80. The highest BCUT2D eigenvalue weighted by atomic mass is 16.5. The number of nitrogens with one attached hydrogen (secondary N) is 1. The number of para-hydroxylation sites is 2. The summed E-state index contributed by atoms with van der Waals surface area (Å²) >= 11 is 0. The number of hydrogen-bond acceptors (Lipinski definition) is 5. The SMILES string of the molecule is C[C@@H](OC(=O)CCc1ccc(-c2ccccc2)o1)C(=O)N1CC(=O)Nc2ccccc21. The van der Waals surface area contributed by atoms with E-state index >= 15 is 0 Å². The molecule has 2 amide bonds. The van der Waals surface area contributed by atoms with E-state index in [1.807, 2.05) is 42.5 Å². The fourth-order valence-corrected chi connectivity index (χ4v) is 3.45. The first-order chi connectivity index (χ1) is 15.0. The smallest absolute Gasteiger partial charge is 0.307 e. The van der Waals surface area contributed by atoms with Crippen LogP contribution in [0.1, 0.15) is 19.1 Å². The van der Waals surface area contributed by atoms with E-state index in [1.54, 1.807) is 24.3 Å². The van der Waals surface area contributed by atoms with Crippen molar-refractivity contribution in [2.24, 2.45) is 0 Å². The van der Waals surface area contributed by atoms with Crippen LogP contribution in [0.4, 0.5) is 11.4 Å². The van der Waals surface area contributed by atoms with E-state index in [2.05, 4.69) is 5.32 Å². The number of nitrogens with zero attached hydrogens (tertiary/aromatic N) is 1. The number of fused-ring (bicyclic) bond motifs is 1. The molecule has 2 heterocycles. The number of aryl methyl sites for hydroxylation is 1. The molecule has 2 aromatic carbocycles. The Morgan fingerprint density at radius 2 is 1.81 bits per heavy atom. The van der Waals surface area contributed by atoms with Crippen LogP contribution in [0.15, 0.2) is 71.1 Å². The van der Waals surface area contributed by atoms with Gasteiger partial charge in [0.25, 0.3) is 5.91 Å². The Morgan fingerprint density at radius 1 is 1.06 bits per heavy atom. The average Bonchev–Trinajstić information content (AvgIpc) is 3.26. The zero-order valence-electron chi connectivity index (χ0n) is 17.0. The molecule has 1 aliphatic heterocycles. The number of hydrogen-bond donors (Lipinski definition) is 1. The number of ether oxygens (including phenoxy) is 1. The lowest BCUT2D eigenvalue weighted by Gasteiger charge is -2.30. The third kappa shape index (κ3) is 4.66. The molecule has 0 unspecified atom stereocenters. The van der Waals surface area contributed by atoms with E-state index in [0.29, 0.717) is 23.6 Å². The highest BCUT2D eigenvalue weighted by Crippen LogP contribution is 2.29. The average molecular weight is 418 g/mol. The third-order valence-electron chi connectivity index (χ3n) is 4.99.